The Morgan fingerprint density at radius 1 is 1.35 bits per heavy atom. The van der Waals surface area contributed by atoms with Crippen molar-refractivity contribution < 1.29 is 4.79 Å². The molecule has 1 heterocycles. The average Bonchev–Trinajstić information content (AvgIpc) is 2.72. The topological polar surface area (TPSA) is 77.0 Å². The van der Waals surface area contributed by atoms with Crippen molar-refractivity contribution >= 4 is 23.4 Å². The third-order valence-electron chi connectivity index (χ3n) is 2.92. The number of amides is 1. The summed E-state index contributed by atoms with van der Waals surface area (Å²) in [6, 6.07) is 5.29. The predicted octanol–water partition coefficient (Wildman–Crippen LogP) is 1.56. The predicted molar refractivity (Wildman–Crippen MR) is 78.7 cm³/mol. The van der Waals surface area contributed by atoms with E-state index in [0.29, 0.717) is 11.3 Å². The minimum Gasteiger partial charge on any atom is -0.398 e. The van der Waals surface area contributed by atoms with Gasteiger partial charge in [-0.15, -0.1) is 10.2 Å². The van der Waals surface area contributed by atoms with Gasteiger partial charge in [-0.05, 0) is 36.9 Å². The summed E-state index contributed by atoms with van der Waals surface area (Å²) in [6.07, 6.45) is 0. The summed E-state index contributed by atoms with van der Waals surface area (Å²) in [5, 5.41) is 8.85. The first-order valence-electron chi connectivity index (χ1n) is 6.05. The molecule has 0 aliphatic heterocycles. The first kappa shape index (κ1) is 14.4. The van der Waals surface area contributed by atoms with Gasteiger partial charge >= 0.3 is 0 Å². The monoisotopic (exact) mass is 291 g/mol. The SMILES string of the molecule is Cc1nnc(Sc2ccc(C(=O)N(C)C)cc2N)n1C. The van der Waals surface area contributed by atoms with E-state index in [9.17, 15) is 4.79 Å². The summed E-state index contributed by atoms with van der Waals surface area (Å²) in [6.45, 7) is 1.89. The van der Waals surface area contributed by atoms with Gasteiger partial charge in [0.1, 0.15) is 5.82 Å². The lowest BCUT2D eigenvalue weighted by Gasteiger charge is -2.12. The van der Waals surface area contributed by atoms with Crippen LogP contribution in [0.5, 0.6) is 0 Å². The zero-order valence-corrected chi connectivity index (χ0v) is 12.7. The first-order chi connectivity index (χ1) is 9.40. The maximum absolute atomic E-state index is 11.9. The summed E-state index contributed by atoms with van der Waals surface area (Å²) in [4.78, 5) is 14.2. The molecule has 6 nitrogen and oxygen atoms in total. The lowest BCUT2D eigenvalue weighted by atomic mass is 10.2. The van der Waals surface area contributed by atoms with Gasteiger partial charge in [-0.2, -0.15) is 0 Å². The van der Waals surface area contributed by atoms with Crippen molar-refractivity contribution in [3.8, 4) is 0 Å². The number of anilines is 1. The van der Waals surface area contributed by atoms with Crippen LogP contribution in [0.3, 0.4) is 0 Å². The lowest BCUT2D eigenvalue weighted by Crippen LogP contribution is -2.21. The van der Waals surface area contributed by atoms with Crippen LogP contribution in [0.25, 0.3) is 0 Å². The summed E-state index contributed by atoms with van der Waals surface area (Å²) < 4.78 is 1.89. The van der Waals surface area contributed by atoms with Crippen molar-refractivity contribution in [1.29, 1.82) is 0 Å². The fourth-order valence-corrected chi connectivity index (χ4v) is 2.47. The van der Waals surface area contributed by atoms with Crippen LogP contribution in [-0.2, 0) is 7.05 Å². The van der Waals surface area contributed by atoms with E-state index in [-0.39, 0.29) is 5.91 Å². The molecule has 0 spiro atoms. The molecule has 2 N–H and O–H groups in total. The third-order valence-corrected chi connectivity index (χ3v) is 4.05. The van der Waals surface area contributed by atoms with Gasteiger partial charge in [0.15, 0.2) is 5.16 Å². The van der Waals surface area contributed by atoms with E-state index in [0.717, 1.165) is 15.9 Å². The Morgan fingerprint density at radius 2 is 2.05 bits per heavy atom. The zero-order chi connectivity index (χ0) is 14.9. The lowest BCUT2D eigenvalue weighted by molar-refractivity contribution is 0.0827. The van der Waals surface area contributed by atoms with Crippen LogP contribution in [0, 0.1) is 6.92 Å². The minimum atomic E-state index is -0.0669. The standard InChI is InChI=1S/C13H17N5OS/c1-8-15-16-13(18(8)4)20-11-6-5-9(7-10(11)14)12(19)17(2)3/h5-7H,14H2,1-4H3. The molecule has 7 heteroatoms. The molecule has 1 amide bonds. The number of carbonyl (C=O) groups is 1. The fraction of sp³-hybridized carbons (Fsp3) is 0.308. The number of benzene rings is 1. The van der Waals surface area contributed by atoms with Crippen molar-refractivity contribution in [1.82, 2.24) is 19.7 Å². The van der Waals surface area contributed by atoms with Crippen LogP contribution in [0.15, 0.2) is 28.3 Å². The van der Waals surface area contributed by atoms with Gasteiger partial charge in [-0.3, -0.25) is 4.79 Å². The highest BCUT2D eigenvalue weighted by atomic mass is 32.2. The first-order valence-corrected chi connectivity index (χ1v) is 6.87. The number of hydrogen-bond donors (Lipinski definition) is 1. The Morgan fingerprint density at radius 3 is 2.55 bits per heavy atom. The number of nitrogens with two attached hydrogens (primary N) is 1. The van der Waals surface area contributed by atoms with Gasteiger partial charge < -0.3 is 15.2 Å². The molecule has 1 aromatic heterocycles. The van der Waals surface area contributed by atoms with Crippen LogP contribution in [0.2, 0.25) is 0 Å². The highest BCUT2D eigenvalue weighted by molar-refractivity contribution is 7.99. The molecule has 0 fully saturated rings. The summed E-state index contributed by atoms with van der Waals surface area (Å²) in [7, 11) is 5.32. The maximum Gasteiger partial charge on any atom is 0.253 e. The Bertz CT molecular complexity index is 650. The van der Waals surface area contributed by atoms with Crippen LogP contribution >= 0.6 is 11.8 Å². The molecular weight excluding hydrogens is 274 g/mol. The number of nitrogen functional groups attached to an aromatic ring is 1. The second-order valence-corrected chi connectivity index (χ2v) is 5.65. The van der Waals surface area contributed by atoms with E-state index in [1.165, 1.54) is 16.7 Å². The molecular formula is C13H17N5OS. The van der Waals surface area contributed by atoms with Gasteiger partial charge in [0.25, 0.3) is 5.91 Å². The number of carbonyl (C=O) groups excluding carboxylic acids is 1. The Kier molecular flexibility index (Phi) is 3.99. The average molecular weight is 291 g/mol. The molecule has 0 saturated carbocycles. The van der Waals surface area contributed by atoms with Gasteiger partial charge in [-0.1, -0.05) is 0 Å². The Labute approximate surface area is 122 Å². The van der Waals surface area contributed by atoms with Crippen molar-refractivity contribution in [2.45, 2.75) is 17.0 Å². The van der Waals surface area contributed by atoms with E-state index >= 15 is 0 Å². The Balaban J connectivity index is 2.26. The summed E-state index contributed by atoms with van der Waals surface area (Å²) in [5.41, 5.74) is 7.15. The van der Waals surface area contributed by atoms with Gasteiger partial charge in [-0.25, -0.2) is 0 Å². The molecule has 0 aliphatic rings. The molecule has 0 bridgehead atoms. The molecule has 0 saturated heterocycles. The van der Waals surface area contributed by atoms with E-state index in [1.807, 2.05) is 24.6 Å². The summed E-state index contributed by atoms with van der Waals surface area (Å²) in [5.74, 6) is 0.772. The van der Waals surface area contributed by atoms with Crippen LogP contribution < -0.4 is 5.73 Å². The Hall–Kier alpha value is -2.02. The minimum absolute atomic E-state index is 0.0669. The van der Waals surface area contributed by atoms with Gasteiger partial charge in [0, 0.05) is 37.3 Å². The van der Waals surface area contributed by atoms with Crippen molar-refractivity contribution in [3.05, 3.63) is 29.6 Å². The second kappa shape index (κ2) is 5.54. The highest BCUT2D eigenvalue weighted by Gasteiger charge is 2.13. The molecule has 0 unspecified atom stereocenters. The van der Waals surface area contributed by atoms with Crippen LogP contribution in [0.4, 0.5) is 5.69 Å². The van der Waals surface area contributed by atoms with Crippen LogP contribution in [-0.4, -0.2) is 39.7 Å². The smallest absolute Gasteiger partial charge is 0.253 e. The molecule has 1 aromatic carbocycles. The molecule has 20 heavy (non-hydrogen) atoms. The highest BCUT2D eigenvalue weighted by Crippen LogP contribution is 2.31. The molecule has 0 radical (unpaired) electrons. The fourth-order valence-electron chi connectivity index (χ4n) is 1.61. The maximum atomic E-state index is 11.9. The largest absolute Gasteiger partial charge is 0.398 e. The number of aromatic nitrogens is 3. The van der Waals surface area contributed by atoms with Crippen molar-refractivity contribution in [2.24, 2.45) is 7.05 Å². The molecule has 0 aliphatic carbocycles. The van der Waals surface area contributed by atoms with E-state index in [2.05, 4.69) is 10.2 Å². The molecule has 0 atom stereocenters. The number of hydrogen-bond acceptors (Lipinski definition) is 5. The van der Waals surface area contributed by atoms with Gasteiger partial charge in [0.2, 0.25) is 0 Å². The van der Waals surface area contributed by atoms with Crippen LogP contribution in [0.1, 0.15) is 16.2 Å². The van der Waals surface area contributed by atoms with E-state index < -0.39 is 0 Å². The van der Waals surface area contributed by atoms with E-state index in [1.54, 1.807) is 26.2 Å². The quantitative estimate of drug-likeness (QED) is 0.868. The normalized spacial score (nSPS) is 10.6. The zero-order valence-electron chi connectivity index (χ0n) is 11.9. The number of aryl methyl sites for hydroxylation is 1. The van der Waals surface area contributed by atoms with Crippen molar-refractivity contribution in [2.75, 3.05) is 19.8 Å². The molecule has 2 aromatic rings. The number of nitrogens with zero attached hydrogens (tertiary/aromatic N) is 4. The number of rotatable bonds is 3. The molecule has 2 rings (SSSR count). The van der Waals surface area contributed by atoms with Gasteiger partial charge in [0.05, 0.1) is 0 Å². The second-order valence-electron chi connectivity index (χ2n) is 4.64. The van der Waals surface area contributed by atoms with E-state index in [4.69, 9.17) is 5.73 Å². The summed E-state index contributed by atoms with van der Waals surface area (Å²) >= 11 is 1.43. The third kappa shape index (κ3) is 2.77. The van der Waals surface area contributed by atoms with Crippen molar-refractivity contribution in [3.63, 3.8) is 0 Å². The molecule has 106 valence electrons.